The van der Waals surface area contributed by atoms with Gasteiger partial charge in [0.15, 0.2) is 5.65 Å². The van der Waals surface area contributed by atoms with Gasteiger partial charge in [-0.2, -0.15) is 0 Å². The number of hydrogen-bond donors (Lipinski definition) is 2. The van der Waals surface area contributed by atoms with Crippen LogP contribution in [0.1, 0.15) is 0 Å². The molecule has 0 aliphatic carbocycles. The summed E-state index contributed by atoms with van der Waals surface area (Å²) < 4.78 is 0.883. The quantitative estimate of drug-likeness (QED) is 0.794. The molecular weight excluding hydrogens is 202 g/mol. The van der Waals surface area contributed by atoms with Gasteiger partial charge in [0.2, 0.25) is 0 Å². The highest BCUT2D eigenvalue weighted by Gasteiger charge is 2.04. The largest absolute Gasteiger partial charge is 0.480 e. The average Bonchev–Trinajstić information content (AvgIpc) is 2.62. The number of aliphatic carboxylic acids is 1. The van der Waals surface area contributed by atoms with E-state index in [2.05, 4.69) is 15.3 Å². The monoisotopic (exact) mass is 209 g/mol. The lowest BCUT2D eigenvalue weighted by Gasteiger charge is -2.02. The summed E-state index contributed by atoms with van der Waals surface area (Å²) in [7, 11) is 0. The van der Waals surface area contributed by atoms with Gasteiger partial charge in [0.25, 0.3) is 0 Å². The molecule has 0 radical (unpaired) electrons. The lowest BCUT2D eigenvalue weighted by Crippen LogP contribution is -2.12. The van der Waals surface area contributed by atoms with Crippen molar-refractivity contribution in [2.75, 3.05) is 11.9 Å². The molecule has 0 spiro atoms. The van der Waals surface area contributed by atoms with Crippen molar-refractivity contribution in [1.29, 1.82) is 0 Å². The van der Waals surface area contributed by atoms with Gasteiger partial charge < -0.3 is 10.4 Å². The minimum Gasteiger partial charge on any atom is -0.480 e. The number of nitrogens with one attached hydrogen (secondary N) is 1. The zero-order valence-electron chi connectivity index (χ0n) is 7.10. The molecule has 0 bridgehead atoms. The molecule has 5 nitrogen and oxygen atoms in total. The molecule has 0 saturated heterocycles. The second kappa shape index (κ2) is 3.59. The van der Waals surface area contributed by atoms with Crippen molar-refractivity contribution < 1.29 is 9.90 Å². The standard InChI is InChI=1S/C8H7N3O2S/c12-6(13)3-10-5-1-2-9-8-7(5)14-4-11-8/h1-2,4H,3H2,(H,9,10)(H,12,13). The van der Waals surface area contributed by atoms with Gasteiger partial charge >= 0.3 is 5.97 Å². The van der Waals surface area contributed by atoms with Crippen LogP contribution in [0.25, 0.3) is 10.3 Å². The van der Waals surface area contributed by atoms with E-state index >= 15 is 0 Å². The topological polar surface area (TPSA) is 75.1 Å². The maximum absolute atomic E-state index is 10.4. The summed E-state index contributed by atoms with van der Waals surface area (Å²) in [6, 6.07) is 1.74. The molecular formula is C8H7N3O2S. The molecule has 6 heteroatoms. The van der Waals surface area contributed by atoms with Crippen LogP contribution in [-0.2, 0) is 4.79 Å². The summed E-state index contributed by atoms with van der Waals surface area (Å²) in [6.07, 6.45) is 1.60. The predicted molar refractivity (Wildman–Crippen MR) is 53.5 cm³/mol. The zero-order valence-corrected chi connectivity index (χ0v) is 7.91. The molecule has 0 amide bonds. The molecule has 2 N–H and O–H groups in total. The van der Waals surface area contributed by atoms with Crippen LogP contribution in [0.3, 0.4) is 0 Å². The zero-order chi connectivity index (χ0) is 9.97. The van der Waals surface area contributed by atoms with Gasteiger partial charge in [0, 0.05) is 6.20 Å². The third-order valence-corrected chi connectivity index (χ3v) is 2.51. The van der Waals surface area contributed by atoms with E-state index in [9.17, 15) is 4.79 Å². The Morgan fingerprint density at radius 3 is 3.21 bits per heavy atom. The Labute approximate surface area is 83.4 Å². The normalized spacial score (nSPS) is 10.3. The Balaban J connectivity index is 2.32. The van der Waals surface area contributed by atoms with E-state index in [0.717, 1.165) is 10.4 Å². The Bertz CT molecular complexity index is 468. The van der Waals surface area contributed by atoms with E-state index in [-0.39, 0.29) is 6.54 Å². The molecule has 2 aromatic rings. The van der Waals surface area contributed by atoms with Crippen molar-refractivity contribution in [2.45, 2.75) is 0 Å². The highest BCUT2D eigenvalue weighted by molar-refractivity contribution is 7.17. The first-order valence-corrected chi connectivity index (χ1v) is 4.79. The second-order valence-electron chi connectivity index (χ2n) is 2.61. The fourth-order valence-electron chi connectivity index (χ4n) is 1.08. The average molecular weight is 209 g/mol. The highest BCUT2D eigenvalue weighted by atomic mass is 32.1. The summed E-state index contributed by atoms with van der Waals surface area (Å²) in [4.78, 5) is 18.4. The molecule has 14 heavy (non-hydrogen) atoms. The Morgan fingerprint density at radius 2 is 2.43 bits per heavy atom. The molecule has 0 aliphatic rings. The van der Waals surface area contributed by atoms with Gasteiger partial charge in [-0.1, -0.05) is 0 Å². The molecule has 2 rings (SSSR count). The van der Waals surface area contributed by atoms with Gasteiger partial charge in [-0.25, -0.2) is 9.97 Å². The van der Waals surface area contributed by atoms with Crippen molar-refractivity contribution in [3.05, 3.63) is 17.8 Å². The molecule has 0 atom stereocenters. The second-order valence-corrected chi connectivity index (χ2v) is 3.47. The van der Waals surface area contributed by atoms with Crippen LogP contribution in [0.15, 0.2) is 17.8 Å². The van der Waals surface area contributed by atoms with Crippen molar-refractivity contribution in [1.82, 2.24) is 9.97 Å². The first-order valence-electron chi connectivity index (χ1n) is 3.91. The molecule has 2 heterocycles. The van der Waals surface area contributed by atoms with Crippen LogP contribution in [0, 0.1) is 0 Å². The van der Waals surface area contributed by atoms with Gasteiger partial charge in [-0.15, -0.1) is 11.3 Å². The van der Waals surface area contributed by atoms with E-state index in [1.807, 2.05) is 0 Å². The Morgan fingerprint density at radius 1 is 1.57 bits per heavy atom. The van der Waals surface area contributed by atoms with Crippen molar-refractivity contribution in [2.24, 2.45) is 0 Å². The predicted octanol–water partition coefficient (Wildman–Crippen LogP) is 1.19. The van der Waals surface area contributed by atoms with Gasteiger partial charge in [-0.3, -0.25) is 4.79 Å². The molecule has 0 saturated carbocycles. The maximum atomic E-state index is 10.4. The van der Waals surface area contributed by atoms with E-state index in [4.69, 9.17) is 5.11 Å². The van der Waals surface area contributed by atoms with Crippen LogP contribution < -0.4 is 5.32 Å². The first kappa shape index (κ1) is 8.89. The number of nitrogens with zero attached hydrogens (tertiary/aromatic N) is 2. The third-order valence-electron chi connectivity index (χ3n) is 1.66. The summed E-state index contributed by atoms with van der Waals surface area (Å²) in [5, 5.41) is 11.3. The molecule has 0 unspecified atom stereocenters. The highest BCUT2D eigenvalue weighted by Crippen LogP contribution is 2.24. The Hall–Kier alpha value is -1.69. The molecule has 0 aromatic carbocycles. The first-order chi connectivity index (χ1) is 6.77. The van der Waals surface area contributed by atoms with Crippen molar-refractivity contribution >= 4 is 33.3 Å². The smallest absolute Gasteiger partial charge is 0.322 e. The number of carboxylic acids is 1. The fourth-order valence-corrected chi connectivity index (χ4v) is 1.82. The molecule has 0 aliphatic heterocycles. The minimum atomic E-state index is -0.889. The number of thiazole rings is 1. The number of rotatable bonds is 3. The SMILES string of the molecule is O=C(O)CNc1ccnc2ncsc12. The number of pyridine rings is 1. The number of hydrogen-bond acceptors (Lipinski definition) is 5. The summed E-state index contributed by atoms with van der Waals surface area (Å²) >= 11 is 1.44. The van der Waals surface area contributed by atoms with Crippen LogP contribution >= 0.6 is 11.3 Å². The minimum absolute atomic E-state index is 0.100. The third kappa shape index (κ3) is 1.64. The lowest BCUT2D eigenvalue weighted by molar-refractivity contribution is -0.134. The molecule has 2 aromatic heterocycles. The van der Waals surface area contributed by atoms with E-state index in [0.29, 0.717) is 5.65 Å². The van der Waals surface area contributed by atoms with Crippen LogP contribution in [0.2, 0.25) is 0 Å². The van der Waals surface area contributed by atoms with Gasteiger partial charge in [-0.05, 0) is 6.07 Å². The maximum Gasteiger partial charge on any atom is 0.322 e. The molecule has 72 valence electrons. The number of carbonyl (C=O) groups is 1. The number of aromatic nitrogens is 2. The van der Waals surface area contributed by atoms with Crippen LogP contribution in [0.4, 0.5) is 5.69 Å². The van der Waals surface area contributed by atoms with Crippen molar-refractivity contribution in [3.8, 4) is 0 Å². The molecule has 0 fully saturated rings. The van der Waals surface area contributed by atoms with E-state index in [1.54, 1.807) is 17.8 Å². The van der Waals surface area contributed by atoms with E-state index < -0.39 is 5.97 Å². The van der Waals surface area contributed by atoms with Crippen molar-refractivity contribution in [3.63, 3.8) is 0 Å². The number of carboxylic acid groups (broad SMARTS) is 1. The van der Waals surface area contributed by atoms with E-state index in [1.165, 1.54) is 11.3 Å². The Kier molecular flexibility index (Phi) is 2.28. The summed E-state index contributed by atoms with van der Waals surface area (Å²) in [5.41, 5.74) is 3.09. The summed E-state index contributed by atoms with van der Waals surface area (Å²) in [5.74, 6) is -0.889. The number of anilines is 1. The van der Waals surface area contributed by atoms with Crippen LogP contribution in [-0.4, -0.2) is 27.6 Å². The number of fused-ring (bicyclic) bond motifs is 1. The lowest BCUT2D eigenvalue weighted by atomic mass is 10.4. The van der Waals surface area contributed by atoms with Crippen LogP contribution in [0.5, 0.6) is 0 Å². The van der Waals surface area contributed by atoms with Gasteiger partial charge in [0.1, 0.15) is 6.54 Å². The fraction of sp³-hybridized carbons (Fsp3) is 0.125. The van der Waals surface area contributed by atoms with Gasteiger partial charge in [0.05, 0.1) is 15.9 Å². The summed E-state index contributed by atoms with van der Waals surface area (Å²) in [6.45, 7) is -0.100.